The Morgan fingerprint density at radius 3 is 2.21 bits per heavy atom. The van der Waals surface area contributed by atoms with Gasteiger partial charge < -0.3 is 30.0 Å². The molecule has 0 bridgehead atoms. The largest absolute Gasteiger partial charge is 0.493 e. The molecule has 0 fully saturated rings. The van der Waals surface area contributed by atoms with E-state index in [0.29, 0.717) is 31.2 Å². The maximum atomic E-state index is 12.4. The summed E-state index contributed by atoms with van der Waals surface area (Å²) in [6, 6.07) is 14.2. The summed E-state index contributed by atoms with van der Waals surface area (Å²) >= 11 is 5.42. The lowest BCUT2D eigenvalue weighted by atomic mass is 9.86. The van der Waals surface area contributed by atoms with Crippen molar-refractivity contribution in [3.63, 3.8) is 0 Å². The summed E-state index contributed by atoms with van der Waals surface area (Å²) in [5, 5.41) is 3.47. The Bertz CT molecular complexity index is 1040. The smallest absolute Gasteiger partial charge is 0.311 e. The van der Waals surface area contributed by atoms with Crippen molar-refractivity contribution in [3.05, 3.63) is 59.2 Å². The van der Waals surface area contributed by atoms with Gasteiger partial charge in [0.05, 0.1) is 19.1 Å². The van der Waals surface area contributed by atoms with Crippen LogP contribution in [0.5, 0.6) is 11.5 Å². The molecule has 0 aromatic heterocycles. The van der Waals surface area contributed by atoms with Crippen LogP contribution >= 0.6 is 12.2 Å². The van der Waals surface area contributed by atoms with Crippen molar-refractivity contribution in [2.75, 3.05) is 33.4 Å². The predicted molar refractivity (Wildman–Crippen MR) is 156 cm³/mol. The number of ether oxygens (including phenoxy) is 4. The fourth-order valence-electron chi connectivity index (χ4n) is 3.59. The molecule has 2 rings (SSSR count). The Balaban J connectivity index is 1.98. The molecule has 1 atom stereocenters. The molecule has 2 aromatic carbocycles. The first-order valence-corrected chi connectivity index (χ1v) is 13.4. The van der Waals surface area contributed by atoms with Gasteiger partial charge >= 0.3 is 5.97 Å². The van der Waals surface area contributed by atoms with Crippen molar-refractivity contribution < 1.29 is 23.7 Å². The summed E-state index contributed by atoms with van der Waals surface area (Å²) in [6.45, 7) is 14.0. The molecule has 0 radical (unpaired) electrons. The van der Waals surface area contributed by atoms with Crippen LogP contribution in [0.15, 0.2) is 42.5 Å². The highest BCUT2D eigenvalue weighted by atomic mass is 32.1. The molecule has 0 saturated carbocycles. The molecular weight excluding hydrogens is 500 g/mol. The van der Waals surface area contributed by atoms with E-state index in [-0.39, 0.29) is 35.7 Å². The van der Waals surface area contributed by atoms with Gasteiger partial charge in [-0.2, -0.15) is 0 Å². The number of rotatable bonds is 12. The average Bonchev–Trinajstić information content (AvgIpc) is 2.86. The number of carbonyl (C=O) groups is 1. The minimum absolute atomic E-state index is 0.0161. The minimum Gasteiger partial charge on any atom is -0.493 e. The van der Waals surface area contributed by atoms with Gasteiger partial charge in [0.1, 0.15) is 13.2 Å². The standard InChI is InChI=1S/C30H44N2O5S/c1-29(2,3)24-11-8-21(9-12-24)16-23(20-36-27(33)30(4,5)6)18-32-28(38)37-19-22-10-13-25(35-15-14-31)26(17-22)34-7/h8-13,17,23H,14-16,18-20,31H2,1-7H3,(H,32,38). The van der Waals surface area contributed by atoms with Crippen LogP contribution < -0.4 is 20.5 Å². The van der Waals surface area contributed by atoms with Gasteiger partial charge in [0.15, 0.2) is 11.5 Å². The van der Waals surface area contributed by atoms with E-state index in [1.165, 1.54) is 11.1 Å². The second kappa shape index (κ2) is 14.4. The molecule has 0 spiro atoms. The summed E-state index contributed by atoms with van der Waals surface area (Å²) in [5.41, 5.74) is 8.39. The van der Waals surface area contributed by atoms with Crippen LogP contribution in [0.4, 0.5) is 0 Å². The number of methoxy groups -OCH3 is 1. The summed E-state index contributed by atoms with van der Waals surface area (Å²) in [5.74, 6) is 1.03. The molecule has 210 valence electrons. The quantitative estimate of drug-likeness (QED) is 0.279. The molecule has 8 heteroatoms. The third-order valence-corrected chi connectivity index (χ3v) is 6.18. The van der Waals surface area contributed by atoms with Crippen LogP contribution in [0.2, 0.25) is 0 Å². The first-order chi connectivity index (χ1) is 17.8. The van der Waals surface area contributed by atoms with E-state index < -0.39 is 5.41 Å². The lowest BCUT2D eigenvalue weighted by molar-refractivity contribution is -0.154. The van der Waals surface area contributed by atoms with Gasteiger partial charge in [0, 0.05) is 19.0 Å². The lowest BCUT2D eigenvalue weighted by Crippen LogP contribution is -2.34. The summed E-state index contributed by atoms with van der Waals surface area (Å²) in [7, 11) is 1.59. The minimum atomic E-state index is -0.559. The van der Waals surface area contributed by atoms with Crippen LogP contribution in [-0.4, -0.2) is 44.6 Å². The molecule has 0 heterocycles. The molecule has 0 aliphatic rings. The lowest BCUT2D eigenvalue weighted by Gasteiger charge is -2.23. The van der Waals surface area contributed by atoms with Crippen LogP contribution in [0, 0.1) is 11.3 Å². The first kappa shape index (κ1) is 31.4. The first-order valence-electron chi connectivity index (χ1n) is 13.0. The molecule has 0 aliphatic heterocycles. The van der Waals surface area contributed by atoms with Gasteiger partial charge in [-0.15, -0.1) is 0 Å². The molecule has 0 saturated heterocycles. The predicted octanol–water partition coefficient (Wildman–Crippen LogP) is 5.17. The SMILES string of the molecule is COc1cc(COC(=S)NCC(COC(=O)C(C)(C)C)Cc2ccc(C(C)(C)C)cc2)ccc1OCCN. The molecule has 0 amide bonds. The Morgan fingerprint density at radius 1 is 0.974 bits per heavy atom. The number of thiocarbonyl (C=S) groups is 1. The maximum absolute atomic E-state index is 12.4. The highest BCUT2D eigenvalue weighted by molar-refractivity contribution is 7.80. The van der Waals surface area contributed by atoms with Crippen molar-refractivity contribution >= 4 is 23.4 Å². The van der Waals surface area contributed by atoms with Crippen molar-refractivity contribution in [2.24, 2.45) is 17.1 Å². The second-order valence-corrected chi connectivity index (χ2v) is 11.8. The normalized spacial score (nSPS) is 12.4. The van der Waals surface area contributed by atoms with Crippen molar-refractivity contribution in [1.82, 2.24) is 5.32 Å². The van der Waals surface area contributed by atoms with E-state index >= 15 is 0 Å². The molecular formula is C30H44N2O5S. The Morgan fingerprint density at radius 2 is 1.63 bits per heavy atom. The molecule has 38 heavy (non-hydrogen) atoms. The van der Waals surface area contributed by atoms with Crippen LogP contribution in [-0.2, 0) is 32.7 Å². The van der Waals surface area contributed by atoms with Gasteiger partial charge in [-0.05, 0) is 73.6 Å². The second-order valence-electron chi connectivity index (χ2n) is 11.4. The molecule has 1 unspecified atom stereocenters. The molecule has 7 nitrogen and oxygen atoms in total. The highest BCUT2D eigenvalue weighted by Gasteiger charge is 2.24. The number of carbonyl (C=O) groups excluding carboxylic acids is 1. The van der Waals surface area contributed by atoms with Crippen molar-refractivity contribution in [1.29, 1.82) is 0 Å². The zero-order chi connectivity index (χ0) is 28.3. The number of hydrogen-bond acceptors (Lipinski definition) is 7. The Labute approximate surface area is 233 Å². The molecule has 3 N–H and O–H groups in total. The summed E-state index contributed by atoms with van der Waals surface area (Å²) < 4.78 is 22.4. The van der Waals surface area contributed by atoms with Crippen molar-refractivity contribution in [2.45, 2.75) is 60.0 Å². The summed E-state index contributed by atoms with van der Waals surface area (Å²) in [6.07, 6.45) is 0.735. The van der Waals surface area contributed by atoms with Crippen LogP contribution in [0.25, 0.3) is 0 Å². The van der Waals surface area contributed by atoms with E-state index in [1.807, 2.05) is 39.0 Å². The molecule has 0 aliphatic carbocycles. The van der Waals surface area contributed by atoms with Gasteiger partial charge in [-0.1, -0.05) is 51.1 Å². The van der Waals surface area contributed by atoms with Gasteiger partial charge in [0.2, 0.25) is 0 Å². The fourth-order valence-corrected chi connectivity index (χ4v) is 3.73. The number of nitrogens with two attached hydrogens (primary N) is 1. The zero-order valence-corrected chi connectivity index (χ0v) is 24.7. The van der Waals surface area contributed by atoms with E-state index in [0.717, 1.165) is 12.0 Å². The monoisotopic (exact) mass is 544 g/mol. The average molecular weight is 545 g/mol. The summed E-state index contributed by atoms with van der Waals surface area (Å²) in [4.78, 5) is 12.4. The number of nitrogens with one attached hydrogen (secondary N) is 1. The van der Waals surface area contributed by atoms with Crippen molar-refractivity contribution in [3.8, 4) is 11.5 Å². The topological polar surface area (TPSA) is 92.0 Å². The van der Waals surface area contributed by atoms with E-state index in [1.54, 1.807) is 7.11 Å². The fraction of sp³-hybridized carbons (Fsp3) is 0.533. The van der Waals surface area contributed by atoms with Gasteiger partial charge in [-0.3, -0.25) is 4.79 Å². The molecule has 2 aromatic rings. The van der Waals surface area contributed by atoms with Gasteiger partial charge in [0.25, 0.3) is 5.17 Å². The number of benzene rings is 2. The Hall–Kier alpha value is -2.84. The van der Waals surface area contributed by atoms with Gasteiger partial charge in [-0.25, -0.2) is 0 Å². The Kier molecular flexibility index (Phi) is 11.9. The van der Waals surface area contributed by atoms with E-state index in [9.17, 15) is 4.79 Å². The van der Waals surface area contributed by atoms with E-state index in [4.69, 9.17) is 36.9 Å². The number of hydrogen-bond donors (Lipinski definition) is 2. The maximum Gasteiger partial charge on any atom is 0.311 e. The van der Waals surface area contributed by atoms with Crippen LogP contribution in [0.3, 0.4) is 0 Å². The highest BCUT2D eigenvalue weighted by Crippen LogP contribution is 2.28. The number of esters is 1. The van der Waals surface area contributed by atoms with Crippen LogP contribution in [0.1, 0.15) is 58.2 Å². The third-order valence-electron chi connectivity index (χ3n) is 5.92. The third kappa shape index (κ3) is 10.5. The van der Waals surface area contributed by atoms with E-state index in [2.05, 4.69) is 50.4 Å². The zero-order valence-electron chi connectivity index (χ0n) is 23.9.